The van der Waals surface area contributed by atoms with Crippen LogP contribution in [0.15, 0.2) is 12.2 Å². The van der Waals surface area contributed by atoms with Crippen molar-refractivity contribution in [2.75, 3.05) is 6.61 Å². The Labute approximate surface area is 151 Å². The van der Waals surface area contributed by atoms with Gasteiger partial charge in [0.25, 0.3) is 0 Å². The number of hydrogen-bond acceptors (Lipinski definition) is 2. The molecule has 0 saturated heterocycles. The lowest BCUT2D eigenvalue weighted by Gasteiger charge is -2.19. The van der Waals surface area contributed by atoms with E-state index in [1.807, 2.05) is 0 Å². The predicted molar refractivity (Wildman–Crippen MR) is 105 cm³/mol. The number of esters is 1. The minimum atomic E-state index is -0.260. The molecule has 0 amide bonds. The van der Waals surface area contributed by atoms with Crippen LogP contribution in [0.25, 0.3) is 0 Å². The molecule has 0 radical (unpaired) electrons. The normalized spacial score (nSPS) is 13.5. The van der Waals surface area contributed by atoms with E-state index in [0.717, 1.165) is 6.42 Å². The standard InChI is InChI=1S/C22H42O2/c1-6-7-8-9-10-11-12-13-14-15-16-20(4)21(5)17-18-24-22(23)19(2)3/h20-21H,2,6-18H2,1,3-5H3. The minimum absolute atomic E-state index is 0.260. The van der Waals surface area contributed by atoms with Gasteiger partial charge in [-0.3, -0.25) is 0 Å². The molecule has 24 heavy (non-hydrogen) atoms. The molecule has 0 aromatic heterocycles. The van der Waals surface area contributed by atoms with Crippen LogP contribution in [0.4, 0.5) is 0 Å². The summed E-state index contributed by atoms with van der Waals surface area (Å²) in [5.41, 5.74) is 0.487. The monoisotopic (exact) mass is 338 g/mol. The van der Waals surface area contributed by atoms with Crippen LogP contribution in [0.2, 0.25) is 0 Å². The van der Waals surface area contributed by atoms with Crippen LogP contribution < -0.4 is 0 Å². The Morgan fingerprint density at radius 3 is 1.79 bits per heavy atom. The van der Waals surface area contributed by atoms with Gasteiger partial charge in [-0.15, -0.1) is 0 Å². The van der Waals surface area contributed by atoms with Crippen LogP contribution in [-0.2, 0) is 9.53 Å². The average Bonchev–Trinajstić information content (AvgIpc) is 2.55. The zero-order valence-electron chi connectivity index (χ0n) is 16.9. The molecule has 0 aromatic rings. The topological polar surface area (TPSA) is 26.3 Å². The predicted octanol–water partition coefficient (Wildman–Crippen LogP) is 7.08. The lowest BCUT2D eigenvalue weighted by atomic mass is 9.88. The summed E-state index contributed by atoms with van der Waals surface area (Å²) in [6.07, 6.45) is 16.2. The first-order valence-electron chi connectivity index (χ1n) is 10.3. The summed E-state index contributed by atoms with van der Waals surface area (Å²) >= 11 is 0. The Bertz CT molecular complexity index is 322. The second kappa shape index (κ2) is 15.7. The number of hydrogen-bond donors (Lipinski definition) is 0. The van der Waals surface area contributed by atoms with Crippen LogP contribution in [0.3, 0.4) is 0 Å². The van der Waals surface area contributed by atoms with Crippen molar-refractivity contribution in [2.45, 2.75) is 105 Å². The molecule has 0 aliphatic rings. The van der Waals surface area contributed by atoms with Crippen molar-refractivity contribution in [1.29, 1.82) is 0 Å². The summed E-state index contributed by atoms with van der Waals surface area (Å²) in [6, 6.07) is 0. The van der Waals surface area contributed by atoms with Gasteiger partial charge in [0.2, 0.25) is 0 Å². The summed E-state index contributed by atoms with van der Waals surface area (Å²) in [4.78, 5) is 11.3. The minimum Gasteiger partial charge on any atom is -0.462 e. The molecule has 0 bridgehead atoms. The van der Waals surface area contributed by atoms with Crippen molar-refractivity contribution < 1.29 is 9.53 Å². The molecular weight excluding hydrogens is 296 g/mol. The van der Waals surface area contributed by atoms with Gasteiger partial charge in [0.15, 0.2) is 0 Å². The molecule has 2 unspecified atom stereocenters. The highest BCUT2D eigenvalue weighted by Gasteiger charge is 2.13. The molecule has 0 aliphatic heterocycles. The third-order valence-corrected chi connectivity index (χ3v) is 5.14. The Morgan fingerprint density at radius 2 is 1.29 bits per heavy atom. The van der Waals surface area contributed by atoms with Crippen molar-refractivity contribution in [3.63, 3.8) is 0 Å². The van der Waals surface area contributed by atoms with Crippen molar-refractivity contribution in [3.8, 4) is 0 Å². The highest BCUT2D eigenvalue weighted by Crippen LogP contribution is 2.22. The lowest BCUT2D eigenvalue weighted by Crippen LogP contribution is -2.13. The van der Waals surface area contributed by atoms with E-state index in [-0.39, 0.29) is 5.97 Å². The largest absolute Gasteiger partial charge is 0.462 e. The van der Waals surface area contributed by atoms with Crippen molar-refractivity contribution in [1.82, 2.24) is 0 Å². The molecule has 142 valence electrons. The molecule has 2 atom stereocenters. The van der Waals surface area contributed by atoms with Gasteiger partial charge >= 0.3 is 5.97 Å². The molecule has 0 spiro atoms. The first-order valence-corrected chi connectivity index (χ1v) is 10.3. The summed E-state index contributed by atoms with van der Waals surface area (Å²) < 4.78 is 5.19. The summed E-state index contributed by atoms with van der Waals surface area (Å²) in [5, 5.41) is 0. The van der Waals surface area contributed by atoms with Crippen molar-refractivity contribution >= 4 is 5.97 Å². The van der Waals surface area contributed by atoms with Gasteiger partial charge in [0, 0.05) is 5.57 Å². The molecule has 0 N–H and O–H groups in total. The highest BCUT2D eigenvalue weighted by atomic mass is 16.5. The fraction of sp³-hybridized carbons (Fsp3) is 0.864. The van der Waals surface area contributed by atoms with Gasteiger partial charge in [-0.1, -0.05) is 98.0 Å². The highest BCUT2D eigenvalue weighted by molar-refractivity contribution is 5.86. The van der Waals surface area contributed by atoms with Gasteiger partial charge in [0.1, 0.15) is 0 Å². The molecular formula is C22H42O2. The lowest BCUT2D eigenvalue weighted by molar-refractivity contribution is -0.139. The molecule has 0 saturated carbocycles. The Hall–Kier alpha value is -0.790. The van der Waals surface area contributed by atoms with E-state index < -0.39 is 0 Å². The summed E-state index contributed by atoms with van der Waals surface area (Å²) in [5.74, 6) is 1.06. The fourth-order valence-corrected chi connectivity index (χ4v) is 2.98. The van der Waals surface area contributed by atoms with E-state index in [1.165, 1.54) is 70.6 Å². The number of carbonyl (C=O) groups excluding carboxylic acids is 1. The molecule has 2 heteroatoms. The third-order valence-electron chi connectivity index (χ3n) is 5.14. The Kier molecular flexibility index (Phi) is 15.2. The van der Waals surface area contributed by atoms with Gasteiger partial charge in [-0.2, -0.15) is 0 Å². The van der Waals surface area contributed by atoms with Crippen LogP contribution in [-0.4, -0.2) is 12.6 Å². The van der Waals surface area contributed by atoms with E-state index in [0.29, 0.717) is 24.0 Å². The molecule has 0 aliphatic carbocycles. The fourth-order valence-electron chi connectivity index (χ4n) is 2.98. The summed E-state index contributed by atoms with van der Waals surface area (Å²) in [7, 11) is 0. The zero-order valence-corrected chi connectivity index (χ0v) is 16.9. The molecule has 0 fully saturated rings. The van der Waals surface area contributed by atoms with Crippen molar-refractivity contribution in [3.05, 3.63) is 12.2 Å². The number of ether oxygens (including phenoxy) is 1. The molecule has 2 nitrogen and oxygen atoms in total. The maximum Gasteiger partial charge on any atom is 0.333 e. The van der Waals surface area contributed by atoms with Crippen molar-refractivity contribution in [2.24, 2.45) is 11.8 Å². The maximum absolute atomic E-state index is 11.3. The van der Waals surface area contributed by atoms with Crippen LogP contribution >= 0.6 is 0 Å². The maximum atomic E-state index is 11.3. The Balaban J connectivity index is 3.46. The third kappa shape index (κ3) is 13.6. The molecule has 0 rings (SSSR count). The first-order chi connectivity index (χ1) is 11.5. The van der Waals surface area contributed by atoms with E-state index >= 15 is 0 Å². The quantitative estimate of drug-likeness (QED) is 0.171. The van der Waals surface area contributed by atoms with E-state index in [1.54, 1.807) is 6.92 Å². The van der Waals surface area contributed by atoms with Gasteiger partial charge < -0.3 is 4.74 Å². The second-order valence-corrected chi connectivity index (χ2v) is 7.63. The van der Waals surface area contributed by atoms with E-state index in [2.05, 4.69) is 27.4 Å². The van der Waals surface area contributed by atoms with Crippen LogP contribution in [0, 0.1) is 11.8 Å². The van der Waals surface area contributed by atoms with Gasteiger partial charge in [-0.05, 0) is 25.2 Å². The summed E-state index contributed by atoms with van der Waals surface area (Å²) in [6.45, 7) is 12.7. The first kappa shape index (κ1) is 23.2. The number of rotatable bonds is 16. The van der Waals surface area contributed by atoms with E-state index in [4.69, 9.17) is 4.74 Å². The Morgan fingerprint density at radius 1 is 0.833 bits per heavy atom. The smallest absolute Gasteiger partial charge is 0.333 e. The zero-order chi connectivity index (χ0) is 18.2. The molecule has 0 aromatic carbocycles. The number of unbranched alkanes of at least 4 members (excludes halogenated alkanes) is 9. The van der Waals surface area contributed by atoms with Crippen LogP contribution in [0.5, 0.6) is 0 Å². The van der Waals surface area contributed by atoms with E-state index in [9.17, 15) is 4.79 Å². The van der Waals surface area contributed by atoms with Gasteiger partial charge in [-0.25, -0.2) is 4.79 Å². The molecule has 0 heterocycles. The number of carbonyl (C=O) groups is 1. The second-order valence-electron chi connectivity index (χ2n) is 7.63. The van der Waals surface area contributed by atoms with Crippen LogP contribution in [0.1, 0.15) is 105 Å². The van der Waals surface area contributed by atoms with Gasteiger partial charge in [0.05, 0.1) is 6.61 Å². The average molecular weight is 339 g/mol. The SMILES string of the molecule is C=C(C)C(=O)OCCC(C)C(C)CCCCCCCCCCCC.